The Morgan fingerprint density at radius 3 is 2.21 bits per heavy atom. The number of urea groups is 1. The summed E-state index contributed by atoms with van der Waals surface area (Å²) in [6, 6.07) is 3.82. The molecule has 28 heavy (non-hydrogen) atoms. The van der Waals surface area contributed by atoms with Gasteiger partial charge in [-0.15, -0.1) is 4.98 Å². The highest BCUT2D eigenvalue weighted by Crippen LogP contribution is 2.17. The molecular formula is C15H17N5O7S. The number of rotatable bonds is 7. The first-order chi connectivity index (χ1) is 13.3. The second-order valence-electron chi connectivity index (χ2n) is 4.91. The lowest BCUT2D eigenvalue weighted by Gasteiger charge is -2.11. The molecule has 12 nitrogen and oxygen atoms in total. The summed E-state index contributed by atoms with van der Waals surface area (Å²) in [7, 11) is -1.83. The fourth-order valence-corrected chi connectivity index (χ4v) is 3.06. The van der Waals surface area contributed by atoms with Crippen LogP contribution in [-0.4, -0.2) is 56.2 Å². The Bertz CT molecular complexity index is 958. The number of sulfonamides is 1. The smallest absolute Gasteiger partial charge is 0.339 e. The molecule has 2 rings (SSSR count). The molecule has 0 aliphatic heterocycles. The van der Waals surface area contributed by atoms with Crippen LogP contribution in [-0.2, 0) is 14.8 Å². The van der Waals surface area contributed by atoms with Crippen LogP contribution >= 0.6 is 0 Å². The molecule has 1 aromatic carbocycles. The zero-order valence-electron chi connectivity index (χ0n) is 15.1. The number of amides is 2. The zero-order chi connectivity index (χ0) is 20.7. The quantitative estimate of drug-likeness (QED) is 0.617. The van der Waals surface area contributed by atoms with Gasteiger partial charge in [-0.3, -0.25) is 5.32 Å². The Kier molecular flexibility index (Phi) is 6.65. The van der Waals surface area contributed by atoms with E-state index >= 15 is 0 Å². The number of aromatic nitrogens is 3. The molecule has 2 amide bonds. The van der Waals surface area contributed by atoms with E-state index in [0.717, 1.165) is 6.07 Å². The molecule has 2 N–H and O–H groups in total. The standard InChI is InChI=1S/C15H17N5O7S/c1-4-27-11(21)9-7-5-6-8-10(9)28(23,24)20-13(22)16-12-17-14(25-2)19-15(18-12)26-3/h5-8H,4H2,1-3H3,(H2,16,17,18,19,20,22). The SMILES string of the molecule is CCOC(=O)c1ccccc1S(=O)(=O)NC(=O)Nc1nc(OC)nc(OC)n1. The van der Waals surface area contributed by atoms with Gasteiger partial charge in [-0.05, 0) is 19.1 Å². The number of carbonyl (C=O) groups excluding carboxylic acids is 2. The Morgan fingerprint density at radius 2 is 1.64 bits per heavy atom. The Morgan fingerprint density at radius 1 is 1.04 bits per heavy atom. The van der Waals surface area contributed by atoms with E-state index < -0.39 is 26.9 Å². The van der Waals surface area contributed by atoms with Crippen LogP contribution in [0.3, 0.4) is 0 Å². The van der Waals surface area contributed by atoms with Gasteiger partial charge in [0.15, 0.2) is 0 Å². The van der Waals surface area contributed by atoms with Crippen molar-refractivity contribution in [3.63, 3.8) is 0 Å². The first kappa shape index (κ1) is 20.8. The molecule has 0 unspecified atom stereocenters. The van der Waals surface area contributed by atoms with Gasteiger partial charge < -0.3 is 14.2 Å². The zero-order valence-corrected chi connectivity index (χ0v) is 15.9. The first-order valence-corrected chi connectivity index (χ1v) is 9.23. The van der Waals surface area contributed by atoms with Gasteiger partial charge in [0, 0.05) is 0 Å². The molecule has 0 radical (unpaired) electrons. The van der Waals surface area contributed by atoms with Crippen molar-refractivity contribution in [3.8, 4) is 12.0 Å². The van der Waals surface area contributed by atoms with Crippen LogP contribution in [0, 0.1) is 0 Å². The average molecular weight is 411 g/mol. The highest BCUT2D eigenvalue weighted by atomic mass is 32.2. The van der Waals surface area contributed by atoms with Crippen molar-refractivity contribution >= 4 is 28.0 Å². The number of nitrogens with one attached hydrogen (secondary N) is 2. The summed E-state index contributed by atoms with van der Waals surface area (Å²) in [5.74, 6) is -1.15. The molecule has 1 heterocycles. The maximum atomic E-state index is 12.5. The van der Waals surface area contributed by atoms with Gasteiger partial charge in [-0.1, -0.05) is 12.1 Å². The molecule has 0 aliphatic rings. The first-order valence-electron chi connectivity index (χ1n) is 7.74. The molecule has 0 fully saturated rings. The second kappa shape index (κ2) is 8.94. The number of hydrogen-bond acceptors (Lipinski definition) is 10. The monoisotopic (exact) mass is 411 g/mol. The largest absolute Gasteiger partial charge is 0.467 e. The number of nitrogens with zero attached hydrogens (tertiary/aromatic N) is 3. The lowest BCUT2D eigenvalue weighted by molar-refractivity contribution is 0.0521. The minimum atomic E-state index is -4.40. The predicted molar refractivity (Wildman–Crippen MR) is 94.7 cm³/mol. The van der Waals surface area contributed by atoms with E-state index in [1.165, 1.54) is 32.4 Å². The molecule has 13 heteroatoms. The lowest BCUT2D eigenvalue weighted by Crippen LogP contribution is -2.35. The number of benzene rings is 1. The van der Waals surface area contributed by atoms with E-state index in [0.29, 0.717) is 0 Å². The van der Waals surface area contributed by atoms with Gasteiger partial charge in [-0.25, -0.2) is 22.7 Å². The molecule has 0 bridgehead atoms. The molecule has 0 aliphatic carbocycles. The molecule has 0 saturated carbocycles. The lowest BCUT2D eigenvalue weighted by atomic mass is 10.2. The molecular weight excluding hydrogens is 394 g/mol. The fraction of sp³-hybridized carbons (Fsp3) is 0.267. The van der Waals surface area contributed by atoms with Crippen molar-refractivity contribution in [2.45, 2.75) is 11.8 Å². The summed E-state index contributed by atoms with van der Waals surface area (Å²) in [4.78, 5) is 34.9. The number of methoxy groups -OCH3 is 2. The minimum absolute atomic E-state index is 0.0597. The summed E-state index contributed by atoms with van der Waals surface area (Å²) in [5, 5.41) is 2.12. The van der Waals surface area contributed by atoms with E-state index in [1.807, 2.05) is 0 Å². The normalized spacial score (nSPS) is 10.7. The Hall–Kier alpha value is -3.48. The molecule has 0 saturated heterocycles. The highest BCUT2D eigenvalue weighted by Gasteiger charge is 2.25. The summed E-state index contributed by atoms with van der Waals surface area (Å²) in [6.45, 7) is 1.64. The van der Waals surface area contributed by atoms with Gasteiger partial charge >= 0.3 is 24.0 Å². The number of carbonyl (C=O) groups is 2. The molecule has 2 aromatic rings. The van der Waals surface area contributed by atoms with Crippen LogP contribution in [0.4, 0.5) is 10.7 Å². The van der Waals surface area contributed by atoms with Crippen molar-refractivity contribution in [2.24, 2.45) is 0 Å². The van der Waals surface area contributed by atoms with E-state index in [1.54, 1.807) is 11.6 Å². The van der Waals surface area contributed by atoms with Gasteiger partial charge in [0.1, 0.15) is 4.90 Å². The van der Waals surface area contributed by atoms with Crippen LogP contribution < -0.4 is 19.5 Å². The predicted octanol–water partition coefficient (Wildman–Crippen LogP) is 0.576. The van der Waals surface area contributed by atoms with Gasteiger partial charge in [0.2, 0.25) is 5.95 Å². The van der Waals surface area contributed by atoms with Crippen LogP contribution in [0.25, 0.3) is 0 Å². The second-order valence-corrected chi connectivity index (χ2v) is 6.56. The van der Waals surface area contributed by atoms with Crippen LogP contribution in [0.2, 0.25) is 0 Å². The van der Waals surface area contributed by atoms with Crippen molar-refractivity contribution in [2.75, 3.05) is 26.1 Å². The number of esters is 1. The van der Waals surface area contributed by atoms with Crippen molar-refractivity contribution in [1.82, 2.24) is 19.7 Å². The maximum Gasteiger partial charge on any atom is 0.339 e. The molecule has 0 spiro atoms. The highest BCUT2D eigenvalue weighted by molar-refractivity contribution is 7.90. The third-order valence-electron chi connectivity index (χ3n) is 3.08. The molecule has 1 aromatic heterocycles. The third-order valence-corrected chi connectivity index (χ3v) is 4.47. The van der Waals surface area contributed by atoms with Crippen LogP contribution in [0.15, 0.2) is 29.2 Å². The topological polar surface area (TPSA) is 159 Å². The Labute approximate surface area is 160 Å². The summed E-state index contributed by atoms with van der Waals surface area (Å²) < 4.78 is 41.3. The summed E-state index contributed by atoms with van der Waals surface area (Å²) >= 11 is 0. The minimum Gasteiger partial charge on any atom is -0.467 e. The number of hydrogen-bond donors (Lipinski definition) is 2. The van der Waals surface area contributed by atoms with E-state index in [4.69, 9.17) is 14.2 Å². The van der Waals surface area contributed by atoms with Crippen LogP contribution in [0.1, 0.15) is 17.3 Å². The Balaban J connectivity index is 2.24. The number of anilines is 1. The maximum absolute atomic E-state index is 12.5. The third kappa shape index (κ3) is 5.03. The van der Waals surface area contributed by atoms with E-state index in [-0.39, 0.29) is 30.1 Å². The van der Waals surface area contributed by atoms with E-state index in [2.05, 4.69) is 20.3 Å². The van der Waals surface area contributed by atoms with Gasteiger partial charge in [0.25, 0.3) is 10.0 Å². The average Bonchev–Trinajstić information content (AvgIpc) is 2.67. The van der Waals surface area contributed by atoms with Crippen LogP contribution in [0.5, 0.6) is 12.0 Å². The summed E-state index contributed by atoms with van der Waals surface area (Å²) in [6.07, 6.45) is 0. The van der Waals surface area contributed by atoms with Gasteiger partial charge in [-0.2, -0.15) is 9.97 Å². The van der Waals surface area contributed by atoms with E-state index in [9.17, 15) is 18.0 Å². The van der Waals surface area contributed by atoms with Crippen molar-refractivity contribution in [3.05, 3.63) is 29.8 Å². The van der Waals surface area contributed by atoms with Crippen molar-refractivity contribution in [1.29, 1.82) is 0 Å². The summed E-state index contributed by atoms with van der Waals surface area (Å²) in [5.41, 5.74) is -0.215. The molecule has 150 valence electrons. The fourth-order valence-electron chi connectivity index (χ4n) is 1.96. The van der Waals surface area contributed by atoms with Crippen molar-refractivity contribution < 1.29 is 32.2 Å². The molecule has 0 atom stereocenters. The number of ether oxygens (including phenoxy) is 3. The van der Waals surface area contributed by atoms with Gasteiger partial charge in [0.05, 0.1) is 26.4 Å².